The van der Waals surface area contributed by atoms with Crippen molar-refractivity contribution in [2.75, 3.05) is 25.2 Å². The van der Waals surface area contributed by atoms with E-state index in [2.05, 4.69) is 6.92 Å². The molecule has 21 heavy (non-hydrogen) atoms. The summed E-state index contributed by atoms with van der Waals surface area (Å²) >= 11 is 0. The zero-order valence-electron chi connectivity index (χ0n) is 12.7. The molecule has 1 aliphatic heterocycles. The van der Waals surface area contributed by atoms with Crippen LogP contribution in [0.4, 0.5) is 0 Å². The molecular weight excluding hydrogens is 286 g/mol. The summed E-state index contributed by atoms with van der Waals surface area (Å²) in [6.45, 7) is 2.13. The molecule has 1 aromatic rings. The molecule has 5 heteroatoms. The lowest BCUT2D eigenvalue weighted by atomic mass is 10.1. The normalized spacial score (nSPS) is 21.8. The van der Waals surface area contributed by atoms with Crippen molar-refractivity contribution in [3.8, 4) is 5.75 Å². The standard InChI is InChI=1S/C16H23NO3S/c1-3-13-6-4-5-7-15(13)20-12-16(18)17(2)14-8-10-21(19)11-9-14/h4-7,14H,3,8-12H2,1-2H3. The average Bonchev–Trinajstić information content (AvgIpc) is 2.52. The van der Waals surface area contributed by atoms with Crippen LogP contribution in [0, 0.1) is 0 Å². The number of ether oxygens (including phenoxy) is 1. The minimum atomic E-state index is -0.698. The Hall–Kier alpha value is -1.36. The maximum Gasteiger partial charge on any atom is 0.260 e. The Bertz CT molecular complexity index is 508. The van der Waals surface area contributed by atoms with E-state index in [1.54, 1.807) is 4.90 Å². The minimum absolute atomic E-state index is 0.0152. The summed E-state index contributed by atoms with van der Waals surface area (Å²) in [5.74, 6) is 2.16. The molecule has 0 saturated carbocycles. The fraction of sp³-hybridized carbons (Fsp3) is 0.562. The average molecular weight is 309 g/mol. The molecule has 1 aliphatic rings. The van der Waals surface area contributed by atoms with Crippen molar-refractivity contribution in [3.63, 3.8) is 0 Å². The van der Waals surface area contributed by atoms with Gasteiger partial charge in [-0.3, -0.25) is 9.00 Å². The van der Waals surface area contributed by atoms with Crippen LogP contribution in [0.5, 0.6) is 5.75 Å². The quantitative estimate of drug-likeness (QED) is 0.836. The number of carbonyl (C=O) groups is 1. The number of hydrogen-bond donors (Lipinski definition) is 0. The highest BCUT2D eigenvalue weighted by molar-refractivity contribution is 7.85. The number of amides is 1. The van der Waals surface area contributed by atoms with E-state index in [-0.39, 0.29) is 18.6 Å². The lowest BCUT2D eigenvalue weighted by molar-refractivity contribution is -0.134. The van der Waals surface area contributed by atoms with Crippen molar-refractivity contribution >= 4 is 16.7 Å². The summed E-state index contributed by atoms with van der Waals surface area (Å²) in [6, 6.07) is 8.00. The van der Waals surface area contributed by atoms with E-state index in [1.165, 1.54) is 0 Å². The second-order valence-electron chi connectivity index (χ2n) is 5.33. The Morgan fingerprint density at radius 2 is 2.00 bits per heavy atom. The van der Waals surface area contributed by atoms with Crippen LogP contribution in [0.1, 0.15) is 25.3 Å². The van der Waals surface area contributed by atoms with E-state index in [9.17, 15) is 9.00 Å². The number of hydrogen-bond acceptors (Lipinski definition) is 3. The molecule has 0 bridgehead atoms. The van der Waals surface area contributed by atoms with Gasteiger partial charge in [0, 0.05) is 35.4 Å². The Kier molecular flexibility index (Phi) is 5.79. The Balaban J connectivity index is 1.87. The molecule has 1 aromatic carbocycles. The molecule has 0 atom stereocenters. The van der Waals surface area contributed by atoms with Crippen LogP contribution < -0.4 is 4.74 Å². The van der Waals surface area contributed by atoms with E-state index < -0.39 is 10.8 Å². The van der Waals surface area contributed by atoms with Crippen molar-refractivity contribution in [3.05, 3.63) is 29.8 Å². The van der Waals surface area contributed by atoms with Crippen LogP contribution in [0.3, 0.4) is 0 Å². The van der Waals surface area contributed by atoms with Gasteiger partial charge in [-0.25, -0.2) is 0 Å². The van der Waals surface area contributed by atoms with Gasteiger partial charge in [0.05, 0.1) is 0 Å². The lowest BCUT2D eigenvalue weighted by Crippen LogP contribution is -2.43. The summed E-state index contributed by atoms with van der Waals surface area (Å²) in [6.07, 6.45) is 2.52. The maximum absolute atomic E-state index is 12.2. The molecule has 1 saturated heterocycles. The molecule has 0 N–H and O–H groups in total. The Morgan fingerprint density at radius 1 is 1.33 bits per heavy atom. The van der Waals surface area contributed by atoms with Crippen molar-refractivity contribution < 1.29 is 13.7 Å². The van der Waals surface area contributed by atoms with Gasteiger partial charge in [0.25, 0.3) is 5.91 Å². The van der Waals surface area contributed by atoms with Crippen molar-refractivity contribution in [2.45, 2.75) is 32.2 Å². The number of likely N-dealkylation sites (N-methyl/N-ethyl adjacent to an activating group) is 1. The molecule has 1 heterocycles. The number of nitrogens with zero attached hydrogens (tertiary/aromatic N) is 1. The van der Waals surface area contributed by atoms with E-state index >= 15 is 0 Å². The molecule has 0 radical (unpaired) electrons. The summed E-state index contributed by atoms with van der Waals surface area (Å²) in [4.78, 5) is 14.0. The summed E-state index contributed by atoms with van der Waals surface area (Å²) in [7, 11) is 1.12. The maximum atomic E-state index is 12.2. The van der Waals surface area contributed by atoms with Gasteiger partial charge in [0.15, 0.2) is 6.61 Å². The van der Waals surface area contributed by atoms with Gasteiger partial charge in [0.2, 0.25) is 0 Å². The number of carbonyl (C=O) groups excluding carboxylic acids is 1. The van der Waals surface area contributed by atoms with Crippen LogP contribution in [0.25, 0.3) is 0 Å². The summed E-state index contributed by atoms with van der Waals surface area (Å²) in [5.41, 5.74) is 1.11. The largest absolute Gasteiger partial charge is 0.483 e. The van der Waals surface area contributed by atoms with Crippen molar-refractivity contribution in [1.29, 1.82) is 0 Å². The fourth-order valence-corrected chi connectivity index (χ4v) is 3.82. The number of rotatable bonds is 5. The van der Waals surface area contributed by atoms with Gasteiger partial charge < -0.3 is 9.64 Å². The Labute approximate surface area is 128 Å². The minimum Gasteiger partial charge on any atom is -0.483 e. The topological polar surface area (TPSA) is 46.6 Å². The van der Waals surface area contributed by atoms with Gasteiger partial charge >= 0.3 is 0 Å². The third-order valence-corrected chi connectivity index (χ3v) is 5.39. The van der Waals surface area contributed by atoms with Crippen LogP contribution >= 0.6 is 0 Å². The molecule has 1 fully saturated rings. The van der Waals surface area contributed by atoms with Gasteiger partial charge in [-0.15, -0.1) is 0 Å². The third kappa shape index (κ3) is 4.30. The molecule has 1 amide bonds. The number of para-hydroxylation sites is 1. The SMILES string of the molecule is CCc1ccccc1OCC(=O)N(C)C1CCS(=O)CC1. The van der Waals surface area contributed by atoms with Crippen LogP contribution in [0.2, 0.25) is 0 Å². The van der Waals surface area contributed by atoms with Crippen LogP contribution in [0.15, 0.2) is 24.3 Å². The van der Waals surface area contributed by atoms with E-state index in [0.717, 1.165) is 30.6 Å². The smallest absolute Gasteiger partial charge is 0.260 e. The predicted molar refractivity (Wildman–Crippen MR) is 85.0 cm³/mol. The first-order chi connectivity index (χ1) is 10.1. The van der Waals surface area contributed by atoms with Gasteiger partial charge in [-0.05, 0) is 30.9 Å². The molecule has 0 aromatic heterocycles. The summed E-state index contributed by atoms with van der Waals surface area (Å²) < 4.78 is 17.0. The lowest BCUT2D eigenvalue weighted by Gasteiger charge is -2.30. The highest BCUT2D eigenvalue weighted by atomic mass is 32.2. The highest BCUT2D eigenvalue weighted by Gasteiger charge is 2.24. The van der Waals surface area contributed by atoms with Crippen molar-refractivity contribution in [1.82, 2.24) is 4.90 Å². The van der Waals surface area contributed by atoms with Gasteiger partial charge in [-0.2, -0.15) is 0 Å². The van der Waals surface area contributed by atoms with E-state index in [0.29, 0.717) is 11.5 Å². The first kappa shape index (κ1) is 16.0. The molecule has 116 valence electrons. The Morgan fingerprint density at radius 3 is 2.67 bits per heavy atom. The predicted octanol–water partition coefficient (Wildman–Crippen LogP) is 2.00. The second kappa shape index (κ2) is 7.59. The zero-order valence-corrected chi connectivity index (χ0v) is 13.5. The van der Waals surface area contributed by atoms with Gasteiger partial charge in [-0.1, -0.05) is 25.1 Å². The monoisotopic (exact) mass is 309 g/mol. The van der Waals surface area contributed by atoms with E-state index in [1.807, 2.05) is 31.3 Å². The fourth-order valence-electron chi connectivity index (χ4n) is 2.55. The first-order valence-corrected chi connectivity index (χ1v) is 8.92. The number of benzene rings is 1. The molecule has 0 aliphatic carbocycles. The van der Waals surface area contributed by atoms with Crippen LogP contribution in [-0.2, 0) is 22.0 Å². The first-order valence-electron chi connectivity index (χ1n) is 7.43. The zero-order chi connectivity index (χ0) is 15.2. The van der Waals surface area contributed by atoms with Crippen molar-refractivity contribution in [2.24, 2.45) is 0 Å². The summed E-state index contributed by atoms with van der Waals surface area (Å²) in [5, 5.41) is 0. The second-order valence-corrected chi connectivity index (χ2v) is 7.03. The molecule has 0 unspecified atom stereocenters. The molecule has 0 spiro atoms. The molecule has 4 nitrogen and oxygen atoms in total. The third-order valence-electron chi connectivity index (χ3n) is 4.00. The molecule has 2 rings (SSSR count). The van der Waals surface area contributed by atoms with Gasteiger partial charge in [0.1, 0.15) is 5.75 Å². The number of aryl methyl sites for hydroxylation is 1. The molecular formula is C16H23NO3S. The van der Waals surface area contributed by atoms with Crippen LogP contribution in [-0.4, -0.2) is 46.2 Å². The highest BCUT2D eigenvalue weighted by Crippen LogP contribution is 2.19. The van der Waals surface area contributed by atoms with E-state index in [4.69, 9.17) is 4.74 Å².